The van der Waals surface area contributed by atoms with E-state index in [1.165, 1.54) is 161 Å². The van der Waals surface area contributed by atoms with Crippen LogP contribution < -0.4 is 0 Å². The Morgan fingerprint density at radius 2 is 0.455 bits per heavy atom. The van der Waals surface area contributed by atoms with Crippen molar-refractivity contribution in [1.82, 2.24) is 0 Å². The van der Waals surface area contributed by atoms with Gasteiger partial charge in [-0.15, -0.1) is 0 Å². The van der Waals surface area contributed by atoms with Gasteiger partial charge in [0.2, 0.25) is 0 Å². The maximum atomic E-state index is 12.4. The number of aliphatic hydroxyl groups is 1. The molecule has 0 aromatic rings. The van der Waals surface area contributed by atoms with Crippen LogP contribution in [0.5, 0.6) is 0 Å². The Hall–Kier alpha value is -4.74. The van der Waals surface area contributed by atoms with Gasteiger partial charge in [0.05, 0.1) is 6.61 Å². The Morgan fingerprint density at radius 1 is 0.261 bits per heavy atom. The molecule has 0 fully saturated rings. The molecule has 0 saturated heterocycles. The number of unbranched alkanes of at least 4 members (excludes halogenated alkanes) is 30. The molecule has 1 N–H and O–H groups in total. The zero-order valence-electron chi connectivity index (χ0n) is 57.2. The zero-order valence-corrected chi connectivity index (χ0v) is 57.2. The van der Waals surface area contributed by atoms with Gasteiger partial charge in [-0.1, -0.05) is 351 Å². The second-order valence-electron chi connectivity index (χ2n) is 23.9. The summed E-state index contributed by atoms with van der Waals surface area (Å²) in [5.74, 6) is -0.598. The van der Waals surface area contributed by atoms with Gasteiger partial charge in [-0.2, -0.15) is 0 Å². The van der Waals surface area contributed by atoms with Crippen LogP contribution in [0.25, 0.3) is 0 Å². The number of allylic oxidation sites excluding steroid dienone is 28. The van der Waals surface area contributed by atoms with Gasteiger partial charge >= 0.3 is 11.9 Å². The van der Waals surface area contributed by atoms with Gasteiger partial charge in [0, 0.05) is 12.8 Å². The van der Waals surface area contributed by atoms with E-state index in [2.05, 4.69) is 184 Å². The molecule has 0 spiro atoms. The van der Waals surface area contributed by atoms with Gasteiger partial charge in [0.1, 0.15) is 6.61 Å². The summed E-state index contributed by atoms with van der Waals surface area (Å²) < 4.78 is 10.8. The molecule has 1 atom stereocenters. The minimum absolute atomic E-state index is 0.0750. The summed E-state index contributed by atoms with van der Waals surface area (Å²) in [6, 6.07) is 0. The maximum Gasteiger partial charge on any atom is 0.306 e. The summed E-state index contributed by atoms with van der Waals surface area (Å²) in [6.45, 7) is 3.93. The molecule has 0 aliphatic carbocycles. The highest BCUT2D eigenvalue weighted by Gasteiger charge is 2.16. The molecule has 5 heteroatoms. The van der Waals surface area contributed by atoms with Crippen LogP contribution in [0.1, 0.15) is 322 Å². The van der Waals surface area contributed by atoms with E-state index in [1.54, 1.807) is 0 Å². The van der Waals surface area contributed by atoms with E-state index in [-0.39, 0.29) is 25.2 Å². The number of aliphatic hydroxyl groups excluding tert-OH is 1. The molecular formula is C83H136O5. The average Bonchev–Trinajstić information content (AvgIpc) is 3.54. The molecule has 0 saturated carbocycles. The van der Waals surface area contributed by atoms with E-state index >= 15 is 0 Å². The van der Waals surface area contributed by atoms with Gasteiger partial charge in [-0.3, -0.25) is 9.59 Å². The quantitative estimate of drug-likeness (QED) is 0.0373. The van der Waals surface area contributed by atoms with Crippen molar-refractivity contribution in [3.05, 3.63) is 170 Å². The number of hydrogen-bond acceptors (Lipinski definition) is 5. The van der Waals surface area contributed by atoms with Crippen molar-refractivity contribution in [3.63, 3.8) is 0 Å². The molecule has 0 heterocycles. The molecule has 0 aromatic carbocycles. The fourth-order valence-electron chi connectivity index (χ4n) is 10.1. The van der Waals surface area contributed by atoms with Crippen LogP contribution in [-0.4, -0.2) is 36.4 Å². The van der Waals surface area contributed by atoms with Crippen molar-refractivity contribution in [2.45, 2.75) is 328 Å². The molecule has 0 aliphatic rings. The molecule has 498 valence electrons. The highest BCUT2D eigenvalue weighted by molar-refractivity contribution is 5.70. The summed E-state index contributed by atoms with van der Waals surface area (Å²) in [6.07, 6.45) is 118. The molecule has 5 nitrogen and oxygen atoms in total. The molecule has 0 bridgehead atoms. The predicted molar refractivity (Wildman–Crippen MR) is 389 cm³/mol. The smallest absolute Gasteiger partial charge is 0.306 e. The van der Waals surface area contributed by atoms with E-state index < -0.39 is 6.10 Å². The second-order valence-corrected chi connectivity index (χ2v) is 23.9. The van der Waals surface area contributed by atoms with Gasteiger partial charge in [0.15, 0.2) is 6.10 Å². The third-order valence-corrected chi connectivity index (χ3v) is 15.5. The molecule has 88 heavy (non-hydrogen) atoms. The molecule has 1 unspecified atom stereocenters. The Bertz CT molecular complexity index is 1910. The number of rotatable bonds is 66. The number of hydrogen-bond donors (Lipinski definition) is 1. The lowest BCUT2D eigenvalue weighted by atomic mass is 10.0. The first kappa shape index (κ1) is 83.3. The van der Waals surface area contributed by atoms with E-state index in [0.717, 1.165) is 135 Å². The first-order valence-corrected chi connectivity index (χ1v) is 36.7. The first-order valence-electron chi connectivity index (χ1n) is 36.7. The summed E-state index contributed by atoms with van der Waals surface area (Å²) in [4.78, 5) is 24.7. The SMILES string of the molecule is CC/C=C\C/C=C\C/C=C\C/C=C\C/C=C\C/C=C\C/C=C\C/C=C\C/C=C\C/C=C\CCCCCCCCCCC(=O)OC(CO)COC(=O)CCCCCCCCCCCCCCCCCCCCCCCC/C=C\C/C=C\C/C=C\C/C=C\CC. The van der Waals surface area contributed by atoms with Crippen molar-refractivity contribution in [2.75, 3.05) is 13.2 Å². The summed E-state index contributed by atoms with van der Waals surface area (Å²) in [5.41, 5.74) is 0. The van der Waals surface area contributed by atoms with Gasteiger partial charge in [0.25, 0.3) is 0 Å². The normalized spacial score (nSPS) is 13.3. The number of carbonyl (C=O) groups excluding carboxylic acids is 2. The van der Waals surface area contributed by atoms with Crippen LogP contribution in [0.3, 0.4) is 0 Å². The first-order chi connectivity index (χ1) is 43.6. The van der Waals surface area contributed by atoms with Crippen molar-refractivity contribution in [3.8, 4) is 0 Å². The Labute approximate surface area is 544 Å². The third kappa shape index (κ3) is 73.7. The minimum atomic E-state index is -0.788. The Balaban J connectivity index is 3.53. The van der Waals surface area contributed by atoms with Crippen LogP contribution >= 0.6 is 0 Å². The fraction of sp³-hybridized carbons (Fsp3) is 0.639. The lowest BCUT2D eigenvalue weighted by molar-refractivity contribution is -0.161. The van der Waals surface area contributed by atoms with Crippen LogP contribution in [0.15, 0.2) is 170 Å². The molecule has 0 aliphatic heterocycles. The minimum Gasteiger partial charge on any atom is -0.462 e. The molecule has 0 rings (SSSR count). The predicted octanol–water partition coefficient (Wildman–Crippen LogP) is 26.0. The van der Waals surface area contributed by atoms with Crippen LogP contribution in [0.2, 0.25) is 0 Å². The Morgan fingerprint density at radius 3 is 0.682 bits per heavy atom. The maximum absolute atomic E-state index is 12.4. The number of esters is 2. The van der Waals surface area contributed by atoms with Crippen molar-refractivity contribution in [1.29, 1.82) is 0 Å². The molecule has 0 radical (unpaired) electrons. The summed E-state index contributed by atoms with van der Waals surface area (Å²) in [7, 11) is 0. The number of ether oxygens (including phenoxy) is 2. The fourth-order valence-corrected chi connectivity index (χ4v) is 10.1. The average molecular weight is 1210 g/mol. The molecule has 0 aromatic heterocycles. The lowest BCUT2D eigenvalue weighted by Crippen LogP contribution is -2.28. The van der Waals surface area contributed by atoms with E-state index in [1.807, 2.05) is 0 Å². The third-order valence-electron chi connectivity index (χ3n) is 15.5. The van der Waals surface area contributed by atoms with Gasteiger partial charge in [-0.05, 0) is 128 Å². The van der Waals surface area contributed by atoms with Gasteiger partial charge < -0.3 is 14.6 Å². The lowest BCUT2D eigenvalue weighted by Gasteiger charge is -2.15. The van der Waals surface area contributed by atoms with Crippen molar-refractivity contribution >= 4 is 11.9 Å². The molecule has 0 amide bonds. The van der Waals surface area contributed by atoms with Crippen LogP contribution in [0, 0.1) is 0 Å². The van der Waals surface area contributed by atoms with E-state index in [9.17, 15) is 14.7 Å². The highest BCUT2D eigenvalue weighted by atomic mass is 16.6. The monoisotopic (exact) mass is 1210 g/mol. The summed E-state index contributed by atoms with van der Waals surface area (Å²) >= 11 is 0. The highest BCUT2D eigenvalue weighted by Crippen LogP contribution is 2.17. The standard InChI is InChI=1S/C83H136O5/c1-3-5-7-9-11-13-15-17-19-21-23-25-27-29-31-33-35-37-39-40-41-42-44-46-48-50-52-54-56-58-60-62-64-66-68-70-72-74-76-78-83(86)88-81(79-84)80-87-82(85)77-75-73-71-69-67-65-63-61-59-57-55-53-51-49-47-45-43-38-36-34-32-30-28-26-24-22-20-18-16-14-12-10-8-6-4-2/h5-8,11-14,17-20,23-26,29,31,35,37,40-41,44,46,50,52,56,58,81,84H,3-4,9-10,15-16,21-22,27-28,30,32-34,36,38-39,42-43,45,47-49,51,53-55,57,59-80H2,1-2H3/b7-5-,8-6-,13-11-,14-12-,19-17-,20-18-,25-23-,26-24-,31-29-,37-35-,41-40-,46-44-,52-50-,58-56-. The number of carbonyl (C=O) groups is 2. The van der Waals surface area contributed by atoms with Crippen LogP contribution in [0.4, 0.5) is 0 Å². The van der Waals surface area contributed by atoms with Crippen LogP contribution in [-0.2, 0) is 19.1 Å². The van der Waals surface area contributed by atoms with Gasteiger partial charge in [-0.25, -0.2) is 0 Å². The second kappa shape index (κ2) is 76.5. The molecular weight excluding hydrogens is 1080 g/mol. The van der Waals surface area contributed by atoms with E-state index in [4.69, 9.17) is 9.47 Å². The van der Waals surface area contributed by atoms with E-state index in [0.29, 0.717) is 12.8 Å². The van der Waals surface area contributed by atoms with Crippen molar-refractivity contribution < 1.29 is 24.2 Å². The van der Waals surface area contributed by atoms with Crippen molar-refractivity contribution in [2.24, 2.45) is 0 Å². The largest absolute Gasteiger partial charge is 0.462 e. The Kier molecular flexibility index (Phi) is 72.4. The topological polar surface area (TPSA) is 72.8 Å². The summed E-state index contributed by atoms with van der Waals surface area (Å²) in [5, 5.41) is 9.71. The zero-order chi connectivity index (χ0) is 63.3.